The van der Waals surface area contributed by atoms with Crippen LogP contribution in [-0.2, 0) is 6.42 Å². The molecule has 0 spiro atoms. The van der Waals surface area contributed by atoms with E-state index in [-0.39, 0.29) is 11.5 Å². The third kappa shape index (κ3) is 3.21. The molecular weight excluding hydrogens is 410 g/mol. The standard InChI is InChI=1S/C28H21N3O2/c1-17-11-12-23-21(13-17)28(33)31-25-16-20-10-6-5-9-19(20)15-22(25)27(32)30-24(26(31)29-23)14-18-7-3-2-4-8-18/h2-13,15-16,24H,14H2,1H3,(H,30,32). The molecule has 1 atom stereocenters. The number of fused-ring (bicyclic) bond motifs is 5. The summed E-state index contributed by atoms with van der Waals surface area (Å²) in [5, 5.41) is 5.61. The van der Waals surface area contributed by atoms with Crippen molar-refractivity contribution < 1.29 is 4.79 Å². The van der Waals surface area contributed by atoms with Crippen LogP contribution in [0.25, 0.3) is 27.4 Å². The first kappa shape index (κ1) is 19.4. The molecule has 0 aliphatic carbocycles. The number of rotatable bonds is 2. The second kappa shape index (κ2) is 7.41. The van der Waals surface area contributed by atoms with Crippen molar-refractivity contribution in [2.75, 3.05) is 0 Å². The number of aryl methyl sites for hydroxylation is 1. The Balaban J connectivity index is 1.68. The van der Waals surface area contributed by atoms with Gasteiger partial charge in [0.2, 0.25) is 0 Å². The number of amides is 1. The highest BCUT2D eigenvalue weighted by atomic mass is 16.2. The van der Waals surface area contributed by atoms with E-state index in [0.717, 1.165) is 21.9 Å². The zero-order chi connectivity index (χ0) is 22.5. The highest BCUT2D eigenvalue weighted by Gasteiger charge is 2.30. The molecule has 1 unspecified atom stereocenters. The van der Waals surface area contributed by atoms with Crippen LogP contribution in [0, 0.1) is 6.92 Å². The Morgan fingerprint density at radius 1 is 0.879 bits per heavy atom. The second-order valence-electron chi connectivity index (χ2n) is 8.56. The van der Waals surface area contributed by atoms with Crippen LogP contribution >= 0.6 is 0 Å². The Hall–Kier alpha value is -4.25. The number of hydrogen-bond acceptors (Lipinski definition) is 3. The van der Waals surface area contributed by atoms with E-state index >= 15 is 0 Å². The largest absolute Gasteiger partial charge is 0.342 e. The van der Waals surface area contributed by atoms with Crippen molar-refractivity contribution in [1.82, 2.24) is 14.9 Å². The predicted molar refractivity (Wildman–Crippen MR) is 130 cm³/mol. The van der Waals surface area contributed by atoms with Gasteiger partial charge >= 0.3 is 0 Å². The molecule has 0 saturated carbocycles. The molecule has 5 heteroatoms. The van der Waals surface area contributed by atoms with Gasteiger partial charge in [0.15, 0.2) is 0 Å². The van der Waals surface area contributed by atoms with Crippen molar-refractivity contribution in [3.05, 3.63) is 118 Å². The summed E-state index contributed by atoms with van der Waals surface area (Å²) in [5.74, 6) is 0.337. The fourth-order valence-corrected chi connectivity index (χ4v) is 4.67. The normalized spacial score (nSPS) is 15.1. The fourth-order valence-electron chi connectivity index (χ4n) is 4.67. The van der Waals surface area contributed by atoms with Crippen LogP contribution in [0.2, 0.25) is 0 Å². The maximum absolute atomic E-state index is 13.9. The van der Waals surface area contributed by atoms with Crippen LogP contribution in [0.1, 0.15) is 33.4 Å². The highest BCUT2D eigenvalue weighted by Crippen LogP contribution is 2.30. The second-order valence-corrected chi connectivity index (χ2v) is 8.56. The summed E-state index contributed by atoms with van der Waals surface area (Å²) in [5.41, 5.74) is 3.56. The molecule has 0 fully saturated rings. The lowest BCUT2D eigenvalue weighted by molar-refractivity contribution is 0.0938. The zero-order valence-corrected chi connectivity index (χ0v) is 18.1. The number of nitrogens with zero attached hydrogens (tertiary/aromatic N) is 2. The predicted octanol–water partition coefficient (Wildman–Crippen LogP) is 4.87. The average molecular weight is 431 g/mol. The van der Waals surface area contributed by atoms with Crippen LogP contribution in [0.3, 0.4) is 0 Å². The van der Waals surface area contributed by atoms with E-state index in [1.807, 2.05) is 91.9 Å². The molecule has 4 aromatic carbocycles. The number of carbonyl (C=O) groups excluding carboxylic acids is 1. The van der Waals surface area contributed by atoms with E-state index in [2.05, 4.69) is 5.32 Å². The van der Waals surface area contributed by atoms with Crippen molar-refractivity contribution in [3.63, 3.8) is 0 Å². The molecular formula is C28H21N3O2. The van der Waals surface area contributed by atoms with Gasteiger partial charge in [0, 0.05) is 0 Å². The van der Waals surface area contributed by atoms with Crippen LogP contribution in [0.5, 0.6) is 0 Å². The molecule has 5 aromatic rings. The van der Waals surface area contributed by atoms with E-state index in [1.54, 1.807) is 4.57 Å². The van der Waals surface area contributed by atoms with Gasteiger partial charge in [0.25, 0.3) is 11.5 Å². The molecule has 0 bridgehead atoms. The van der Waals surface area contributed by atoms with Crippen LogP contribution < -0.4 is 10.9 Å². The van der Waals surface area contributed by atoms with Crippen molar-refractivity contribution in [1.29, 1.82) is 0 Å². The van der Waals surface area contributed by atoms with Gasteiger partial charge in [0.05, 0.1) is 28.2 Å². The smallest absolute Gasteiger partial charge is 0.266 e. The number of nitrogens with one attached hydrogen (secondary N) is 1. The Morgan fingerprint density at radius 2 is 1.61 bits per heavy atom. The summed E-state index contributed by atoms with van der Waals surface area (Å²) in [4.78, 5) is 32.2. The molecule has 2 heterocycles. The zero-order valence-electron chi connectivity index (χ0n) is 18.1. The van der Waals surface area contributed by atoms with Crippen LogP contribution in [-0.4, -0.2) is 15.5 Å². The Kier molecular flexibility index (Phi) is 4.37. The first-order valence-electron chi connectivity index (χ1n) is 11.0. The van der Waals surface area contributed by atoms with Gasteiger partial charge in [-0.3, -0.25) is 14.2 Å². The van der Waals surface area contributed by atoms with E-state index in [9.17, 15) is 9.59 Å². The van der Waals surface area contributed by atoms with Gasteiger partial charge in [-0.1, -0.05) is 66.2 Å². The summed E-state index contributed by atoms with van der Waals surface area (Å²) in [6.45, 7) is 1.96. The van der Waals surface area contributed by atoms with Gasteiger partial charge < -0.3 is 5.32 Å². The van der Waals surface area contributed by atoms with E-state index in [4.69, 9.17) is 4.98 Å². The molecule has 1 aliphatic heterocycles. The molecule has 1 N–H and O–H groups in total. The summed E-state index contributed by atoms with van der Waals surface area (Å²) < 4.78 is 1.63. The van der Waals surface area contributed by atoms with Crippen molar-refractivity contribution in [2.24, 2.45) is 0 Å². The minimum Gasteiger partial charge on any atom is -0.342 e. The minimum atomic E-state index is -0.450. The molecule has 1 aromatic heterocycles. The summed E-state index contributed by atoms with van der Waals surface area (Å²) in [6, 6.07) is 26.8. The maximum Gasteiger partial charge on any atom is 0.266 e. The van der Waals surface area contributed by atoms with E-state index in [1.165, 1.54) is 0 Å². The van der Waals surface area contributed by atoms with E-state index < -0.39 is 6.04 Å². The maximum atomic E-state index is 13.9. The molecule has 5 nitrogen and oxygen atoms in total. The first-order valence-corrected chi connectivity index (χ1v) is 11.0. The molecule has 1 amide bonds. The van der Waals surface area contributed by atoms with Crippen molar-refractivity contribution in [2.45, 2.75) is 19.4 Å². The molecule has 160 valence electrons. The van der Waals surface area contributed by atoms with Crippen LogP contribution in [0.15, 0.2) is 89.7 Å². The monoisotopic (exact) mass is 431 g/mol. The summed E-state index contributed by atoms with van der Waals surface area (Å²) in [6.07, 6.45) is 0.532. The van der Waals surface area contributed by atoms with Gasteiger partial charge in [-0.25, -0.2) is 4.98 Å². The molecule has 0 saturated heterocycles. The van der Waals surface area contributed by atoms with Crippen LogP contribution in [0.4, 0.5) is 0 Å². The Bertz CT molecular complexity index is 1620. The number of hydrogen-bond donors (Lipinski definition) is 1. The van der Waals surface area contributed by atoms with Gasteiger partial charge in [-0.2, -0.15) is 0 Å². The lowest BCUT2D eigenvalue weighted by Crippen LogP contribution is -2.31. The lowest BCUT2D eigenvalue weighted by Gasteiger charge is -2.19. The van der Waals surface area contributed by atoms with Gasteiger partial charge in [-0.15, -0.1) is 0 Å². The van der Waals surface area contributed by atoms with Gasteiger partial charge in [-0.05, 0) is 53.9 Å². The topological polar surface area (TPSA) is 64.0 Å². The third-order valence-corrected chi connectivity index (χ3v) is 6.30. The SMILES string of the molecule is Cc1ccc2nc3n(c(=O)c2c1)-c1cc2ccccc2cc1C(=O)NC3Cc1ccccc1. The molecule has 1 aliphatic rings. The fraction of sp³-hybridized carbons (Fsp3) is 0.107. The van der Waals surface area contributed by atoms with Gasteiger partial charge in [0.1, 0.15) is 5.82 Å². The quantitative estimate of drug-likeness (QED) is 0.434. The Morgan fingerprint density at radius 3 is 2.39 bits per heavy atom. The average Bonchev–Trinajstić information content (AvgIpc) is 2.94. The lowest BCUT2D eigenvalue weighted by atomic mass is 10.0. The molecule has 0 radical (unpaired) electrons. The van der Waals surface area contributed by atoms with Crippen molar-refractivity contribution in [3.8, 4) is 5.69 Å². The first-order chi connectivity index (χ1) is 16.1. The highest BCUT2D eigenvalue weighted by molar-refractivity contribution is 6.03. The number of benzene rings is 4. The Labute approximate surface area is 190 Å². The third-order valence-electron chi connectivity index (χ3n) is 6.30. The van der Waals surface area contributed by atoms with Crippen molar-refractivity contribution >= 4 is 27.6 Å². The van der Waals surface area contributed by atoms with E-state index in [0.29, 0.717) is 34.4 Å². The number of carbonyl (C=O) groups is 1. The number of aromatic nitrogens is 2. The molecule has 33 heavy (non-hydrogen) atoms. The minimum absolute atomic E-state index is 0.162. The summed E-state index contributed by atoms with van der Waals surface area (Å²) >= 11 is 0. The molecule has 6 rings (SSSR count). The summed E-state index contributed by atoms with van der Waals surface area (Å²) in [7, 11) is 0.